The lowest BCUT2D eigenvalue weighted by Crippen LogP contribution is -2.43. The Labute approximate surface area is 202 Å². The summed E-state index contributed by atoms with van der Waals surface area (Å²) in [5.74, 6) is 0.423. The van der Waals surface area contributed by atoms with Crippen molar-refractivity contribution in [2.45, 2.75) is 6.54 Å². The summed E-state index contributed by atoms with van der Waals surface area (Å²) in [6.45, 7) is 4.66. The molecule has 0 spiro atoms. The number of ether oxygens (including phenoxy) is 2. The second kappa shape index (κ2) is 10.2. The van der Waals surface area contributed by atoms with Gasteiger partial charge < -0.3 is 29.4 Å². The first-order chi connectivity index (χ1) is 17.1. The van der Waals surface area contributed by atoms with Crippen LogP contribution in [0.25, 0.3) is 0 Å². The fourth-order valence-electron chi connectivity index (χ4n) is 4.23. The van der Waals surface area contributed by atoms with E-state index < -0.39 is 5.91 Å². The molecule has 0 aliphatic carbocycles. The van der Waals surface area contributed by atoms with Crippen molar-refractivity contribution >= 4 is 29.1 Å². The maximum absolute atomic E-state index is 13.0. The lowest BCUT2D eigenvalue weighted by Gasteiger charge is -2.30. The van der Waals surface area contributed by atoms with Gasteiger partial charge in [-0.3, -0.25) is 19.5 Å². The monoisotopic (exact) mass is 477 g/mol. The number of rotatable bonds is 8. The minimum absolute atomic E-state index is 0.113. The summed E-state index contributed by atoms with van der Waals surface area (Å²) in [6.07, 6.45) is 3.34. The molecule has 0 atom stereocenters. The van der Waals surface area contributed by atoms with Crippen LogP contribution in [-0.4, -0.2) is 63.3 Å². The Morgan fingerprint density at radius 2 is 2.03 bits per heavy atom. The number of nitrogens with one attached hydrogen (secondary N) is 2. The second-order valence-corrected chi connectivity index (χ2v) is 8.27. The first-order valence-electron chi connectivity index (χ1n) is 11.5. The normalized spacial score (nSPS) is 15.3. The molecule has 0 unspecified atom stereocenters. The summed E-state index contributed by atoms with van der Waals surface area (Å²) in [5.41, 5.74) is 2.95. The average Bonchev–Trinajstić information content (AvgIpc) is 3.50. The van der Waals surface area contributed by atoms with Crippen LogP contribution in [0.2, 0.25) is 0 Å². The van der Waals surface area contributed by atoms with Crippen LogP contribution in [0.5, 0.6) is 5.75 Å². The summed E-state index contributed by atoms with van der Waals surface area (Å²) >= 11 is 0. The van der Waals surface area contributed by atoms with Crippen molar-refractivity contribution in [2.24, 2.45) is 0 Å². The van der Waals surface area contributed by atoms with Crippen molar-refractivity contribution in [2.75, 3.05) is 61.6 Å². The third kappa shape index (κ3) is 4.84. The van der Waals surface area contributed by atoms with E-state index in [9.17, 15) is 9.59 Å². The number of nitrogens with zero attached hydrogens (tertiary/aromatic N) is 3. The maximum atomic E-state index is 13.0. The van der Waals surface area contributed by atoms with Crippen molar-refractivity contribution in [3.63, 3.8) is 0 Å². The number of methoxy groups -OCH3 is 1. The highest BCUT2D eigenvalue weighted by Crippen LogP contribution is 2.32. The van der Waals surface area contributed by atoms with Gasteiger partial charge in [0.05, 0.1) is 30.7 Å². The Balaban J connectivity index is 1.28. The Bertz CT molecular complexity index is 1220. The Kier molecular flexibility index (Phi) is 6.64. The van der Waals surface area contributed by atoms with Crippen LogP contribution in [0.15, 0.2) is 53.2 Å². The average molecular weight is 478 g/mol. The molecule has 0 saturated carbocycles. The van der Waals surface area contributed by atoms with E-state index in [1.807, 2.05) is 18.2 Å². The van der Waals surface area contributed by atoms with Crippen molar-refractivity contribution < 1.29 is 23.5 Å². The van der Waals surface area contributed by atoms with E-state index in [4.69, 9.17) is 13.9 Å². The highest BCUT2D eigenvalue weighted by atomic mass is 16.5. The van der Waals surface area contributed by atoms with Crippen LogP contribution in [-0.2, 0) is 11.3 Å². The third-order valence-electron chi connectivity index (χ3n) is 6.03. The van der Waals surface area contributed by atoms with E-state index in [1.165, 1.54) is 4.90 Å². The Morgan fingerprint density at radius 3 is 2.86 bits per heavy atom. The molecular weight excluding hydrogens is 450 g/mol. The minimum Gasteiger partial charge on any atom is -0.491 e. The number of aromatic nitrogens is 1. The van der Waals surface area contributed by atoms with Crippen LogP contribution >= 0.6 is 0 Å². The predicted molar refractivity (Wildman–Crippen MR) is 130 cm³/mol. The van der Waals surface area contributed by atoms with Crippen LogP contribution in [0.4, 0.5) is 17.3 Å². The summed E-state index contributed by atoms with van der Waals surface area (Å²) in [4.78, 5) is 33.9. The molecule has 35 heavy (non-hydrogen) atoms. The third-order valence-corrected chi connectivity index (χ3v) is 6.03. The van der Waals surface area contributed by atoms with Gasteiger partial charge in [-0.25, -0.2) is 0 Å². The van der Waals surface area contributed by atoms with E-state index >= 15 is 0 Å². The summed E-state index contributed by atoms with van der Waals surface area (Å²) in [7, 11) is 1.60. The van der Waals surface area contributed by atoms with Gasteiger partial charge in [-0.2, -0.15) is 0 Å². The Morgan fingerprint density at radius 1 is 1.17 bits per heavy atom. The molecular formula is C25H27N5O5. The second-order valence-electron chi connectivity index (χ2n) is 8.27. The van der Waals surface area contributed by atoms with E-state index in [1.54, 1.807) is 37.7 Å². The predicted octanol–water partition coefficient (Wildman–Crippen LogP) is 2.52. The first kappa shape index (κ1) is 22.9. The zero-order chi connectivity index (χ0) is 24.2. The molecule has 1 aromatic carbocycles. The quantitative estimate of drug-likeness (QED) is 0.477. The molecule has 2 amide bonds. The number of amides is 2. The molecule has 4 heterocycles. The molecule has 2 aliphatic rings. The van der Waals surface area contributed by atoms with Gasteiger partial charge in [-0.1, -0.05) is 6.07 Å². The molecule has 2 aromatic heterocycles. The molecule has 1 saturated heterocycles. The van der Waals surface area contributed by atoms with Crippen molar-refractivity contribution in [1.29, 1.82) is 0 Å². The molecule has 182 valence electrons. The maximum Gasteiger partial charge on any atom is 0.291 e. The topological polar surface area (TPSA) is 109 Å². The fraction of sp³-hybridized carbons (Fsp3) is 0.320. The first-order valence-corrected chi connectivity index (χ1v) is 11.5. The summed E-state index contributed by atoms with van der Waals surface area (Å²) < 4.78 is 16.4. The van der Waals surface area contributed by atoms with Gasteiger partial charge in [0.25, 0.3) is 11.8 Å². The van der Waals surface area contributed by atoms with E-state index in [2.05, 4.69) is 20.5 Å². The van der Waals surface area contributed by atoms with Gasteiger partial charge in [0.15, 0.2) is 5.76 Å². The molecule has 1 fully saturated rings. The van der Waals surface area contributed by atoms with E-state index in [-0.39, 0.29) is 11.7 Å². The zero-order valence-electron chi connectivity index (χ0n) is 19.5. The van der Waals surface area contributed by atoms with Crippen molar-refractivity contribution in [3.8, 4) is 5.75 Å². The van der Waals surface area contributed by atoms with Gasteiger partial charge in [0, 0.05) is 51.1 Å². The zero-order valence-corrected chi connectivity index (χ0v) is 19.5. The molecule has 10 nitrogen and oxygen atoms in total. The smallest absolute Gasteiger partial charge is 0.291 e. The molecule has 0 bridgehead atoms. The van der Waals surface area contributed by atoms with Crippen molar-refractivity contribution in [3.05, 3.63) is 65.7 Å². The number of furan rings is 1. The number of piperazine rings is 1. The number of pyridine rings is 1. The lowest BCUT2D eigenvalue weighted by molar-refractivity contribution is 0.0974. The Hall–Kier alpha value is -3.89. The minimum atomic E-state index is -0.404. The summed E-state index contributed by atoms with van der Waals surface area (Å²) in [5, 5.41) is 6.22. The van der Waals surface area contributed by atoms with Gasteiger partial charge in [-0.15, -0.1) is 0 Å². The largest absolute Gasteiger partial charge is 0.491 e. The fourth-order valence-corrected chi connectivity index (χ4v) is 4.23. The molecule has 2 aliphatic heterocycles. The summed E-state index contributed by atoms with van der Waals surface area (Å²) in [6, 6.07) is 10.5. The van der Waals surface area contributed by atoms with Gasteiger partial charge in [0.2, 0.25) is 5.88 Å². The van der Waals surface area contributed by atoms with Crippen LogP contribution < -0.4 is 25.2 Å². The standard InChI is InChI=1S/C25H27N5O5/c1-33-12-13-34-18-3-2-17-16-30(25(32)19(17)14-18)23-5-4-22(35-23)24(31)28-20-15-27-7-6-21(20)29-10-8-26-9-11-29/h2-7,14-15,26H,8-13,16H2,1H3,(H,28,31). The van der Waals surface area contributed by atoms with Crippen molar-refractivity contribution in [1.82, 2.24) is 10.3 Å². The molecule has 0 radical (unpaired) electrons. The van der Waals surface area contributed by atoms with E-state index in [0.29, 0.717) is 42.6 Å². The molecule has 5 rings (SSSR count). The van der Waals surface area contributed by atoms with Crippen LogP contribution in [0.1, 0.15) is 26.5 Å². The lowest BCUT2D eigenvalue weighted by atomic mass is 10.1. The molecule has 3 aromatic rings. The SMILES string of the molecule is COCCOc1ccc2c(c1)C(=O)N(c1ccc(C(=O)Nc3cnccc3N3CCNCC3)o1)C2. The number of carbonyl (C=O) groups excluding carboxylic acids is 2. The number of fused-ring (bicyclic) bond motifs is 1. The number of benzene rings is 1. The highest BCUT2D eigenvalue weighted by Gasteiger charge is 2.31. The van der Waals surface area contributed by atoms with Crippen LogP contribution in [0, 0.1) is 0 Å². The molecule has 10 heteroatoms. The van der Waals surface area contributed by atoms with E-state index in [0.717, 1.165) is 37.4 Å². The van der Waals surface area contributed by atoms with Crippen LogP contribution in [0.3, 0.4) is 0 Å². The van der Waals surface area contributed by atoms with Gasteiger partial charge in [-0.05, 0) is 29.8 Å². The number of hydrogen-bond donors (Lipinski definition) is 2. The number of anilines is 3. The number of carbonyl (C=O) groups is 2. The van der Waals surface area contributed by atoms with Gasteiger partial charge in [0.1, 0.15) is 12.4 Å². The number of hydrogen-bond acceptors (Lipinski definition) is 8. The molecule has 2 N–H and O–H groups in total. The van der Waals surface area contributed by atoms with Gasteiger partial charge >= 0.3 is 0 Å². The highest BCUT2D eigenvalue weighted by molar-refractivity contribution is 6.10.